The van der Waals surface area contributed by atoms with Crippen LogP contribution in [0.3, 0.4) is 0 Å². The highest BCUT2D eigenvalue weighted by Crippen LogP contribution is 2.60. The van der Waals surface area contributed by atoms with Crippen molar-refractivity contribution in [3.05, 3.63) is 0 Å². The number of nitrogens with zero attached hydrogens (tertiary/aromatic N) is 1. The van der Waals surface area contributed by atoms with Crippen LogP contribution in [0.5, 0.6) is 0 Å². The number of hydrogen-bond acceptors (Lipinski definition) is 3. The Morgan fingerprint density at radius 3 is 2.30 bits per heavy atom. The predicted molar refractivity (Wildman–Crippen MR) is 80.4 cm³/mol. The van der Waals surface area contributed by atoms with Crippen molar-refractivity contribution >= 4 is 0 Å². The van der Waals surface area contributed by atoms with Crippen molar-refractivity contribution < 1.29 is 4.74 Å². The molecule has 3 nitrogen and oxygen atoms in total. The zero-order valence-corrected chi connectivity index (χ0v) is 12.9. The van der Waals surface area contributed by atoms with E-state index >= 15 is 0 Å². The average molecular weight is 278 g/mol. The number of rotatable bonds is 3. The lowest BCUT2D eigenvalue weighted by molar-refractivity contribution is -0.171. The molecule has 1 atom stereocenters. The lowest BCUT2D eigenvalue weighted by Crippen LogP contribution is -2.72. The molecule has 5 aliphatic rings. The molecule has 5 fully saturated rings. The van der Waals surface area contributed by atoms with Crippen LogP contribution in [-0.4, -0.2) is 42.8 Å². The topological polar surface area (TPSA) is 38.5 Å². The van der Waals surface area contributed by atoms with Gasteiger partial charge in [-0.1, -0.05) is 6.92 Å². The molecule has 4 bridgehead atoms. The number of hydrogen-bond donors (Lipinski definition) is 1. The molecule has 0 aromatic carbocycles. The summed E-state index contributed by atoms with van der Waals surface area (Å²) in [6, 6.07) is 0.602. The maximum atomic E-state index is 6.45. The fourth-order valence-electron chi connectivity index (χ4n) is 6.46. The highest BCUT2D eigenvalue weighted by atomic mass is 16.5. The van der Waals surface area contributed by atoms with Crippen molar-refractivity contribution in [3.8, 4) is 0 Å². The van der Waals surface area contributed by atoms with Crippen molar-refractivity contribution in [3.63, 3.8) is 0 Å². The summed E-state index contributed by atoms with van der Waals surface area (Å²) in [5.41, 5.74) is 6.77. The van der Waals surface area contributed by atoms with Crippen molar-refractivity contribution in [1.29, 1.82) is 0 Å². The largest absolute Gasteiger partial charge is 0.378 e. The Hall–Kier alpha value is -0.120. The third-order valence-electron chi connectivity index (χ3n) is 7.11. The highest BCUT2D eigenvalue weighted by Gasteiger charge is 2.59. The van der Waals surface area contributed by atoms with E-state index in [0.717, 1.165) is 50.0 Å². The van der Waals surface area contributed by atoms with E-state index in [1.807, 2.05) is 0 Å². The third kappa shape index (κ3) is 1.75. The summed E-state index contributed by atoms with van der Waals surface area (Å²) in [5.74, 6) is 3.79. The molecular formula is C17H30N2O. The lowest BCUT2D eigenvalue weighted by Gasteiger charge is -2.66. The van der Waals surface area contributed by atoms with Crippen LogP contribution < -0.4 is 5.73 Å². The van der Waals surface area contributed by atoms with Crippen molar-refractivity contribution in [2.24, 2.45) is 29.4 Å². The van der Waals surface area contributed by atoms with Crippen LogP contribution in [0.15, 0.2) is 0 Å². The van der Waals surface area contributed by atoms with Crippen LogP contribution in [0.1, 0.15) is 45.4 Å². The second-order valence-electron chi connectivity index (χ2n) is 7.83. The first-order valence-electron chi connectivity index (χ1n) is 8.82. The van der Waals surface area contributed by atoms with Gasteiger partial charge in [-0.15, -0.1) is 0 Å². The fourth-order valence-corrected chi connectivity index (χ4v) is 6.46. The van der Waals surface area contributed by atoms with Gasteiger partial charge < -0.3 is 10.5 Å². The Morgan fingerprint density at radius 1 is 1.10 bits per heavy atom. The van der Waals surface area contributed by atoms with Crippen molar-refractivity contribution in [1.82, 2.24) is 4.90 Å². The Morgan fingerprint density at radius 2 is 1.75 bits per heavy atom. The summed E-state index contributed by atoms with van der Waals surface area (Å²) < 4.78 is 5.75. The van der Waals surface area contributed by atoms with E-state index in [1.165, 1.54) is 38.5 Å². The van der Waals surface area contributed by atoms with Gasteiger partial charge in [-0.2, -0.15) is 0 Å². The second kappa shape index (κ2) is 4.96. The molecule has 1 heterocycles. The molecule has 0 aromatic rings. The highest BCUT2D eigenvalue weighted by molar-refractivity contribution is 5.13. The lowest BCUT2D eigenvalue weighted by atomic mass is 9.48. The average Bonchev–Trinajstić information content (AvgIpc) is 2.47. The van der Waals surface area contributed by atoms with Crippen LogP contribution in [-0.2, 0) is 4.74 Å². The molecule has 0 radical (unpaired) electrons. The minimum absolute atomic E-state index is 0.317. The molecule has 1 unspecified atom stereocenters. The minimum Gasteiger partial charge on any atom is -0.378 e. The van der Waals surface area contributed by atoms with Gasteiger partial charge >= 0.3 is 0 Å². The predicted octanol–water partition coefficient (Wildman–Crippen LogP) is 2.25. The molecule has 5 rings (SSSR count). The van der Waals surface area contributed by atoms with Crippen LogP contribution in [0.4, 0.5) is 0 Å². The fraction of sp³-hybridized carbons (Fsp3) is 1.00. The summed E-state index contributed by atoms with van der Waals surface area (Å²) in [5, 5.41) is 0. The smallest absolute Gasteiger partial charge is 0.0622 e. The summed E-state index contributed by atoms with van der Waals surface area (Å²) in [6.45, 7) is 6.12. The molecule has 2 N–H and O–H groups in total. The first-order valence-corrected chi connectivity index (χ1v) is 8.82. The first-order chi connectivity index (χ1) is 9.77. The second-order valence-corrected chi connectivity index (χ2v) is 7.83. The van der Waals surface area contributed by atoms with Crippen LogP contribution in [0.25, 0.3) is 0 Å². The Bertz CT molecular complexity index is 342. The monoisotopic (exact) mass is 278 g/mol. The number of nitrogens with two attached hydrogens (primary N) is 1. The molecule has 1 saturated heterocycles. The van der Waals surface area contributed by atoms with E-state index in [9.17, 15) is 0 Å². The van der Waals surface area contributed by atoms with Crippen LogP contribution >= 0.6 is 0 Å². The van der Waals surface area contributed by atoms with Gasteiger partial charge in [-0.05, 0) is 62.2 Å². The van der Waals surface area contributed by atoms with Gasteiger partial charge in [0.1, 0.15) is 0 Å². The Labute approximate surface area is 123 Å². The maximum Gasteiger partial charge on any atom is 0.0622 e. The Balaban J connectivity index is 1.68. The van der Waals surface area contributed by atoms with E-state index in [2.05, 4.69) is 11.8 Å². The zero-order valence-electron chi connectivity index (χ0n) is 12.9. The summed E-state index contributed by atoms with van der Waals surface area (Å²) in [7, 11) is 0. The molecule has 1 aliphatic heterocycles. The molecule has 4 aliphatic carbocycles. The summed E-state index contributed by atoms with van der Waals surface area (Å²) in [6.07, 6.45) is 8.55. The normalized spacial score (nSPS) is 51.6. The van der Waals surface area contributed by atoms with Gasteiger partial charge in [0.15, 0.2) is 0 Å². The third-order valence-corrected chi connectivity index (χ3v) is 7.11. The van der Waals surface area contributed by atoms with E-state index < -0.39 is 0 Å². The van der Waals surface area contributed by atoms with Crippen molar-refractivity contribution in [2.75, 3.05) is 26.3 Å². The van der Waals surface area contributed by atoms with Crippen LogP contribution in [0, 0.1) is 23.7 Å². The van der Waals surface area contributed by atoms with Crippen molar-refractivity contribution in [2.45, 2.75) is 57.0 Å². The van der Waals surface area contributed by atoms with Gasteiger partial charge in [0.2, 0.25) is 0 Å². The van der Waals surface area contributed by atoms with E-state index in [0.29, 0.717) is 11.6 Å². The van der Waals surface area contributed by atoms with Gasteiger partial charge in [0.05, 0.1) is 13.2 Å². The van der Waals surface area contributed by atoms with Gasteiger partial charge in [-0.25, -0.2) is 0 Å². The molecule has 0 amide bonds. The molecule has 0 spiro atoms. The minimum atomic E-state index is 0.317. The SMILES string of the molecule is CCC1COCCN1C1(CN)C2CC3CC(C2)CC1C3. The maximum absolute atomic E-state index is 6.45. The molecular weight excluding hydrogens is 248 g/mol. The van der Waals surface area contributed by atoms with E-state index in [4.69, 9.17) is 10.5 Å². The van der Waals surface area contributed by atoms with Gasteiger partial charge in [0.25, 0.3) is 0 Å². The first kappa shape index (κ1) is 13.5. The Kier molecular flexibility index (Phi) is 3.36. The molecule has 0 aromatic heterocycles. The molecule has 3 heteroatoms. The molecule has 20 heavy (non-hydrogen) atoms. The van der Waals surface area contributed by atoms with Gasteiger partial charge in [-0.3, -0.25) is 4.90 Å². The van der Waals surface area contributed by atoms with E-state index in [1.54, 1.807) is 0 Å². The summed E-state index contributed by atoms with van der Waals surface area (Å²) >= 11 is 0. The standard InChI is InChI=1S/C17H30N2O/c1-2-16-10-20-4-3-19(16)17(11-18)14-6-12-5-13(8-14)9-15(17)7-12/h12-16H,2-11,18H2,1H3. The van der Waals surface area contributed by atoms with Crippen LogP contribution in [0.2, 0.25) is 0 Å². The molecule has 4 saturated carbocycles. The number of morpholine rings is 1. The summed E-state index contributed by atoms with van der Waals surface area (Å²) in [4.78, 5) is 2.82. The quantitative estimate of drug-likeness (QED) is 0.860. The van der Waals surface area contributed by atoms with Gasteiger partial charge in [0, 0.05) is 24.7 Å². The zero-order chi connectivity index (χ0) is 13.7. The number of ether oxygens (including phenoxy) is 1. The van der Waals surface area contributed by atoms with E-state index in [-0.39, 0.29) is 0 Å². The molecule has 114 valence electrons.